The van der Waals surface area contributed by atoms with Crippen molar-refractivity contribution in [2.24, 2.45) is 0 Å². The van der Waals surface area contributed by atoms with E-state index >= 15 is 0 Å². The van der Waals surface area contributed by atoms with E-state index in [2.05, 4.69) is 10.6 Å². The molecule has 0 aromatic heterocycles. The van der Waals surface area contributed by atoms with E-state index in [4.69, 9.17) is 0 Å². The van der Waals surface area contributed by atoms with Crippen molar-refractivity contribution < 1.29 is 14.4 Å². The van der Waals surface area contributed by atoms with Gasteiger partial charge in [0.05, 0.1) is 0 Å². The van der Waals surface area contributed by atoms with Crippen LogP contribution in [-0.2, 0) is 9.59 Å². The summed E-state index contributed by atoms with van der Waals surface area (Å²) in [6.07, 6.45) is 1.80. The van der Waals surface area contributed by atoms with Gasteiger partial charge in [0.2, 0.25) is 5.91 Å². The second kappa shape index (κ2) is 6.01. The molecule has 0 unspecified atom stereocenters. The van der Waals surface area contributed by atoms with Gasteiger partial charge in [0.15, 0.2) is 0 Å². The van der Waals surface area contributed by atoms with E-state index in [-0.39, 0.29) is 24.4 Å². The Balaban J connectivity index is 2.07. The zero-order valence-corrected chi connectivity index (χ0v) is 12.9. The van der Waals surface area contributed by atoms with Gasteiger partial charge in [-0.25, -0.2) is 4.79 Å². The molecule has 0 radical (unpaired) electrons. The largest absolute Gasteiger partial charge is 0.337 e. The predicted octanol–water partition coefficient (Wildman–Crippen LogP) is -0.0827. The maximum absolute atomic E-state index is 12.6. The predicted molar refractivity (Wildman–Crippen MR) is 77.6 cm³/mol. The Morgan fingerprint density at radius 1 is 1.43 bits per heavy atom. The number of carbonyl (C=O) groups excluding carboxylic acids is 3. The summed E-state index contributed by atoms with van der Waals surface area (Å²) in [6.45, 7) is 7.66. The van der Waals surface area contributed by atoms with Crippen molar-refractivity contribution in [3.8, 4) is 0 Å². The molecule has 2 fully saturated rings. The van der Waals surface area contributed by atoms with Gasteiger partial charge in [0.25, 0.3) is 5.91 Å². The Bertz CT molecular complexity index is 444. The second-order valence-corrected chi connectivity index (χ2v) is 6.14. The number of hydrogen-bond acceptors (Lipinski definition) is 4. The summed E-state index contributed by atoms with van der Waals surface area (Å²) in [4.78, 5) is 39.3. The molecule has 21 heavy (non-hydrogen) atoms. The van der Waals surface area contributed by atoms with E-state index in [9.17, 15) is 14.4 Å². The van der Waals surface area contributed by atoms with Crippen molar-refractivity contribution in [1.82, 2.24) is 20.4 Å². The molecule has 0 spiro atoms. The van der Waals surface area contributed by atoms with Crippen LogP contribution in [0.25, 0.3) is 0 Å². The Morgan fingerprint density at radius 3 is 2.62 bits per heavy atom. The molecular weight excluding hydrogens is 272 g/mol. The van der Waals surface area contributed by atoms with Crippen LogP contribution in [0.5, 0.6) is 0 Å². The Kier molecular flexibility index (Phi) is 4.51. The quantitative estimate of drug-likeness (QED) is 0.695. The monoisotopic (exact) mass is 296 g/mol. The van der Waals surface area contributed by atoms with Crippen molar-refractivity contribution in [3.05, 3.63) is 0 Å². The molecule has 4 amide bonds. The molecule has 0 aromatic rings. The highest BCUT2D eigenvalue weighted by molar-refractivity contribution is 6.07. The maximum Gasteiger partial charge on any atom is 0.325 e. The Hall–Kier alpha value is -1.63. The van der Waals surface area contributed by atoms with Gasteiger partial charge in [0, 0.05) is 19.1 Å². The standard InChI is InChI=1S/C14H24N4O3/c1-4-7-17(10-5-6-15-8-10)11(19)9-18-13(21)16-12(20)14(18,2)3/h10,15H,4-9H2,1-3H3,(H,16,20,21)/t10-/m0/s1. The topological polar surface area (TPSA) is 81.8 Å². The lowest BCUT2D eigenvalue weighted by atomic mass is 10.0. The van der Waals surface area contributed by atoms with Gasteiger partial charge in [0.1, 0.15) is 12.1 Å². The molecule has 0 aliphatic carbocycles. The fourth-order valence-electron chi connectivity index (χ4n) is 2.85. The van der Waals surface area contributed by atoms with Crippen LogP contribution in [0.3, 0.4) is 0 Å². The summed E-state index contributed by atoms with van der Waals surface area (Å²) in [5, 5.41) is 5.52. The lowest BCUT2D eigenvalue weighted by Crippen LogP contribution is -2.52. The molecule has 2 N–H and O–H groups in total. The van der Waals surface area contributed by atoms with Gasteiger partial charge < -0.3 is 15.1 Å². The van der Waals surface area contributed by atoms with E-state index < -0.39 is 11.6 Å². The third-order valence-electron chi connectivity index (χ3n) is 4.25. The smallest absolute Gasteiger partial charge is 0.325 e. The normalized spacial score (nSPS) is 24.3. The molecule has 2 aliphatic rings. The Morgan fingerprint density at radius 2 is 2.14 bits per heavy atom. The first kappa shape index (κ1) is 15.8. The first-order chi connectivity index (χ1) is 9.87. The third-order valence-corrected chi connectivity index (χ3v) is 4.25. The van der Waals surface area contributed by atoms with Crippen LogP contribution in [0.1, 0.15) is 33.6 Å². The van der Waals surface area contributed by atoms with Crippen LogP contribution < -0.4 is 10.6 Å². The van der Waals surface area contributed by atoms with Crippen LogP contribution in [0.4, 0.5) is 4.79 Å². The van der Waals surface area contributed by atoms with Crippen LogP contribution in [0, 0.1) is 0 Å². The van der Waals surface area contributed by atoms with E-state index in [1.54, 1.807) is 13.8 Å². The van der Waals surface area contributed by atoms with Crippen LogP contribution in [-0.4, -0.2) is 65.4 Å². The average molecular weight is 296 g/mol. The van der Waals surface area contributed by atoms with E-state index in [0.29, 0.717) is 6.54 Å². The fraction of sp³-hybridized carbons (Fsp3) is 0.786. The number of hydrogen-bond donors (Lipinski definition) is 2. The van der Waals surface area contributed by atoms with Gasteiger partial charge in [-0.15, -0.1) is 0 Å². The van der Waals surface area contributed by atoms with E-state index in [1.165, 1.54) is 4.90 Å². The minimum Gasteiger partial charge on any atom is -0.337 e. The molecule has 2 heterocycles. The molecular formula is C14H24N4O3. The maximum atomic E-state index is 12.6. The minimum absolute atomic E-state index is 0.0545. The molecule has 2 saturated heterocycles. The van der Waals surface area contributed by atoms with Crippen LogP contribution in [0.15, 0.2) is 0 Å². The van der Waals surface area contributed by atoms with Gasteiger partial charge in [-0.1, -0.05) is 6.92 Å². The zero-order valence-electron chi connectivity index (χ0n) is 12.9. The number of imide groups is 1. The number of urea groups is 1. The summed E-state index contributed by atoms with van der Waals surface area (Å²) in [7, 11) is 0. The molecule has 1 atom stereocenters. The molecule has 0 bridgehead atoms. The highest BCUT2D eigenvalue weighted by atomic mass is 16.2. The molecule has 2 rings (SSSR count). The number of rotatable bonds is 5. The summed E-state index contributed by atoms with van der Waals surface area (Å²) in [6, 6.07) is -0.304. The van der Waals surface area contributed by atoms with Crippen molar-refractivity contribution in [2.45, 2.75) is 45.2 Å². The third kappa shape index (κ3) is 3.02. The zero-order chi connectivity index (χ0) is 15.6. The number of nitrogens with one attached hydrogen (secondary N) is 2. The minimum atomic E-state index is -0.974. The van der Waals surface area contributed by atoms with E-state index in [0.717, 1.165) is 25.9 Å². The first-order valence-corrected chi connectivity index (χ1v) is 7.51. The highest BCUT2D eigenvalue weighted by Gasteiger charge is 2.46. The molecule has 0 aromatic carbocycles. The molecule has 7 heteroatoms. The van der Waals surface area contributed by atoms with E-state index in [1.807, 2.05) is 11.8 Å². The molecule has 2 aliphatic heterocycles. The lowest BCUT2D eigenvalue weighted by Gasteiger charge is -2.33. The summed E-state index contributed by atoms with van der Waals surface area (Å²) >= 11 is 0. The molecule has 7 nitrogen and oxygen atoms in total. The van der Waals surface area contributed by atoms with Crippen molar-refractivity contribution in [1.29, 1.82) is 0 Å². The number of amides is 4. The van der Waals surface area contributed by atoms with Gasteiger partial charge in [-0.3, -0.25) is 14.9 Å². The molecule has 0 saturated carbocycles. The van der Waals surface area contributed by atoms with Gasteiger partial charge in [-0.2, -0.15) is 0 Å². The van der Waals surface area contributed by atoms with Crippen LogP contribution in [0.2, 0.25) is 0 Å². The van der Waals surface area contributed by atoms with Crippen molar-refractivity contribution in [3.63, 3.8) is 0 Å². The lowest BCUT2D eigenvalue weighted by molar-refractivity contribution is -0.135. The van der Waals surface area contributed by atoms with Crippen LogP contribution >= 0.6 is 0 Å². The van der Waals surface area contributed by atoms with Gasteiger partial charge >= 0.3 is 6.03 Å². The number of carbonyl (C=O) groups is 3. The summed E-state index contributed by atoms with van der Waals surface area (Å²) in [5.41, 5.74) is -0.974. The SMILES string of the molecule is CCCN(C(=O)CN1C(=O)NC(=O)C1(C)C)[C@H]1CCNC1. The van der Waals surface area contributed by atoms with Crippen molar-refractivity contribution in [2.75, 3.05) is 26.2 Å². The second-order valence-electron chi connectivity index (χ2n) is 6.14. The average Bonchev–Trinajstić information content (AvgIpc) is 3.00. The summed E-state index contributed by atoms with van der Waals surface area (Å²) < 4.78 is 0. The highest BCUT2D eigenvalue weighted by Crippen LogP contribution is 2.21. The number of nitrogens with zero attached hydrogens (tertiary/aromatic N) is 2. The Labute approximate surface area is 125 Å². The first-order valence-electron chi connectivity index (χ1n) is 7.51. The molecule has 118 valence electrons. The van der Waals surface area contributed by atoms with Crippen molar-refractivity contribution >= 4 is 17.8 Å². The van der Waals surface area contributed by atoms with Gasteiger partial charge in [-0.05, 0) is 33.2 Å². The summed E-state index contributed by atoms with van der Waals surface area (Å²) in [5.74, 6) is -0.451. The fourth-order valence-corrected chi connectivity index (χ4v) is 2.85.